The molecule has 0 amide bonds. The van der Waals surface area contributed by atoms with Gasteiger partial charge in [0.05, 0.1) is 16.9 Å². The topological polar surface area (TPSA) is 58.2 Å². The van der Waals surface area contributed by atoms with Gasteiger partial charge in [-0.05, 0) is 73.9 Å². The van der Waals surface area contributed by atoms with E-state index in [0.29, 0.717) is 27.9 Å². The fraction of sp³-hybridized carbons (Fsp3) is 0.278. The normalized spacial score (nSPS) is 12.2. The fourth-order valence-electron chi connectivity index (χ4n) is 6.00. The summed E-state index contributed by atoms with van der Waals surface area (Å²) in [6.07, 6.45) is 3.46. The third-order valence-electron chi connectivity index (χ3n) is 8.02. The van der Waals surface area contributed by atoms with E-state index < -0.39 is 0 Å². The first-order chi connectivity index (χ1) is 19.3. The number of nitrogens with one attached hydrogen (secondary N) is 2. The molecule has 0 bridgehead atoms. The third kappa shape index (κ3) is 4.72. The second-order valence-corrected chi connectivity index (χ2v) is 10.7. The molecule has 1 aliphatic rings. The van der Waals surface area contributed by atoms with Crippen LogP contribution in [0.3, 0.4) is 0 Å². The lowest BCUT2D eigenvalue weighted by Crippen LogP contribution is -2.23. The zero-order chi connectivity index (χ0) is 28.6. The average molecular weight is 531 g/mol. The highest BCUT2D eigenvalue weighted by Crippen LogP contribution is 2.42. The molecule has 2 N–H and O–H groups in total. The lowest BCUT2D eigenvalue weighted by Gasteiger charge is -2.26. The summed E-state index contributed by atoms with van der Waals surface area (Å²) < 4.78 is 0. The predicted molar refractivity (Wildman–Crippen MR) is 166 cm³/mol. The molecular formula is C36H38N2O2. The summed E-state index contributed by atoms with van der Waals surface area (Å²) in [7, 11) is 0. The molecular weight excluding hydrogens is 492 g/mol. The number of benzene rings is 4. The second kappa shape index (κ2) is 11.1. The summed E-state index contributed by atoms with van der Waals surface area (Å²) in [6, 6.07) is 19.8. The molecule has 0 fully saturated rings. The van der Waals surface area contributed by atoms with Crippen LogP contribution in [-0.2, 0) is 25.7 Å². The molecule has 40 heavy (non-hydrogen) atoms. The number of fused-ring (bicyclic) bond motifs is 2. The Morgan fingerprint density at radius 2 is 0.975 bits per heavy atom. The van der Waals surface area contributed by atoms with Crippen LogP contribution in [0.25, 0.3) is 0 Å². The van der Waals surface area contributed by atoms with Gasteiger partial charge in [-0.15, -0.1) is 0 Å². The predicted octanol–water partition coefficient (Wildman–Crippen LogP) is 8.82. The molecule has 0 aromatic heterocycles. The average Bonchev–Trinajstić information content (AvgIpc) is 2.97. The zero-order valence-corrected chi connectivity index (χ0v) is 24.4. The van der Waals surface area contributed by atoms with Crippen molar-refractivity contribution >= 4 is 34.3 Å². The zero-order valence-electron chi connectivity index (χ0n) is 24.4. The number of carbonyl (C=O) groups is 2. The van der Waals surface area contributed by atoms with Gasteiger partial charge in [0.2, 0.25) is 0 Å². The van der Waals surface area contributed by atoms with Crippen LogP contribution in [0.4, 0.5) is 22.7 Å². The van der Waals surface area contributed by atoms with Gasteiger partial charge < -0.3 is 10.6 Å². The van der Waals surface area contributed by atoms with Crippen LogP contribution in [0.15, 0.2) is 60.7 Å². The van der Waals surface area contributed by atoms with Gasteiger partial charge >= 0.3 is 0 Å². The van der Waals surface area contributed by atoms with Crippen LogP contribution >= 0.6 is 0 Å². The van der Waals surface area contributed by atoms with Crippen LogP contribution in [0, 0.1) is 13.8 Å². The molecule has 0 saturated carbocycles. The van der Waals surface area contributed by atoms with Crippen molar-refractivity contribution in [1.29, 1.82) is 0 Å². The number of ketones is 2. The van der Waals surface area contributed by atoms with Crippen molar-refractivity contribution in [1.82, 2.24) is 0 Å². The maximum atomic E-state index is 14.1. The van der Waals surface area contributed by atoms with Crippen molar-refractivity contribution < 1.29 is 9.59 Å². The van der Waals surface area contributed by atoms with Gasteiger partial charge in [0.25, 0.3) is 0 Å². The first-order valence-electron chi connectivity index (χ1n) is 14.4. The van der Waals surface area contributed by atoms with E-state index >= 15 is 0 Å². The van der Waals surface area contributed by atoms with Crippen molar-refractivity contribution in [2.45, 2.75) is 67.2 Å². The lowest BCUT2D eigenvalue weighted by molar-refractivity contribution is 0.0980. The highest BCUT2D eigenvalue weighted by atomic mass is 16.1. The monoisotopic (exact) mass is 530 g/mol. The molecule has 4 nitrogen and oxygen atoms in total. The van der Waals surface area contributed by atoms with Crippen molar-refractivity contribution in [2.75, 3.05) is 10.6 Å². The van der Waals surface area contributed by atoms with E-state index in [1.54, 1.807) is 18.2 Å². The molecule has 0 saturated heterocycles. The van der Waals surface area contributed by atoms with Crippen LogP contribution in [0.5, 0.6) is 0 Å². The number of anilines is 4. The standard InChI is InChI=1S/C36H38N2O2/c1-7-23-17-21(5)18-24(8-2)32(23)37-30-16-15-29-31(36(40)28-14-12-11-13-27(28)35(29)39)34(30)38-33-25(9-3)19-22(6)20-26(33)10-4/h11-20,37-38H,7-10H2,1-6H3. The Labute approximate surface area is 237 Å². The van der Waals surface area contributed by atoms with Crippen molar-refractivity contribution in [3.63, 3.8) is 0 Å². The number of rotatable bonds is 8. The maximum absolute atomic E-state index is 14.1. The Balaban J connectivity index is 1.77. The van der Waals surface area contributed by atoms with E-state index in [4.69, 9.17) is 0 Å². The summed E-state index contributed by atoms with van der Waals surface area (Å²) in [5.41, 5.74) is 12.6. The van der Waals surface area contributed by atoms with E-state index in [2.05, 4.69) is 76.4 Å². The number of hydrogen-bond acceptors (Lipinski definition) is 4. The minimum atomic E-state index is -0.130. The largest absolute Gasteiger partial charge is 0.353 e. The van der Waals surface area contributed by atoms with E-state index in [0.717, 1.165) is 42.7 Å². The Bertz CT molecular complexity index is 1600. The number of aryl methyl sites for hydroxylation is 6. The molecule has 0 aliphatic heterocycles. The Morgan fingerprint density at radius 3 is 1.45 bits per heavy atom. The maximum Gasteiger partial charge on any atom is 0.196 e. The van der Waals surface area contributed by atoms with Gasteiger partial charge in [-0.1, -0.05) is 87.4 Å². The Kier molecular flexibility index (Phi) is 7.62. The quantitative estimate of drug-likeness (QED) is 0.210. The van der Waals surface area contributed by atoms with Crippen molar-refractivity contribution in [2.24, 2.45) is 0 Å². The molecule has 1 aliphatic carbocycles. The molecule has 5 rings (SSSR count). The van der Waals surface area contributed by atoms with Gasteiger partial charge in [-0.2, -0.15) is 0 Å². The van der Waals surface area contributed by atoms with Crippen molar-refractivity contribution in [3.05, 3.63) is 116 Å². The number of carbonyl (C=O) groups excluding carboxylic acids is 2. The Hall–Kier alpha value is -4.18. The SMILES string of the molecule is CCc1cc(C)cc(CC)c1Nc1ccc2c(c1Nc1c(CC)cc(C)cc1CC)C(=O)c1ccccc1C2=O. The number of hydrogen-bond donors (Lipinski definition) is 2. The molecule has 0 heterocycles. The first-order valence-corrected chi connectivity index (χ1v) is 14.4. The molecule has 0 spiro atoms. The van der Waals surface area contributed by atoms with E-state index in [-0.39, 0.29) is 11.6 Å². The molecule has 4 aromatic carbocycles. The second-order valence-electron chi connectivity index (χ2n) is 10.7. The minimum absolute atomic E-state index is 0.117. The smallest absolute Gasteiger partial charge is 0.196 e. The highest BCUT2D eigenvalue weighted by Gasteiger charge is 2.33. The van der Waals surface area contributed by atoms with Gasteiger partial charge in [0, 0.05) is 28.1 Å². The molecule has 204 valence electrons. The van der Waals surface area contributed by atoms with Gasteiger partial charge in [-0.25, -0.2) is 0 Å². The fourth-order valence-corrected chi connectivity index (χ4v) is 6.00. The first kappa shape index (κ1) is 27.4. The van der Waals surface area contributed by atoms with E-state index in [1.807, 2.05) is 18.2 Å². The minimum Gasteiger partial charge on any atom is -0.353 e. The van der Waals surface area contributed by atoms with Gasteiger partial charge in [0.15, 0.2) is 11.6 Å². The van der Waals surface area contributed by atoms with Crippen molar-refractivity contribution in [3.8, 4) is 0 Å². The van der Waals surface area contributed by atoms with Gasteiger partial charge in [0.1, 0.15) is 0 Å². The molecule has 4 aromatic rings. The molecule has 0 unspecified atom stereocenters. The summed E-state index contributed by atoms with van der Waals surface area (Å²) in [4.78, 5) is 27.8. The third-order valence-corrected chi connectivity index (χ3v) is 8.02. The summed E-state index contributed by atoms with van der Waals surface area (Å²) >= 11 is 0. The van der Waals surface area contributed by atoms with Crippen LogP contribution in [-0.4, -0.2) is 11.6 Å². The molecule has 0 atom stereocenters. The summed E-state index contributed by atoms with van der Waals surface area (Å²) in [5.74, 6) is -0.246. The van der Waals surface area contributed by atoms with Gasteiger partial charge in [-0.3, -0.25) is 9.59 Å². The van der Waals surface area contributed by atoms with Crippen LogP contribution < -0.4 is 10.6 Å². The molecule has 4 heteroatoms. The van der Waals surface area contributed by atoms with E-state index in [9.17, 15) is 9.59 Å². The van der Waals surface area contributed by atoms with E-state index in [1.165, 1.54) is 33.4 Å². The Morgan fingerprint density at radius 1 is 0.525 bits per heavy atom. The highest BCUT2D eigenvalue weighted by molar-refractivity contribution is 6.31. The molecule has 0 radical (unpaired) electrons. The van der Waals surface area contributed by atoms with Crippen LogP contribution in [0.1, 0.15) is 92.9 Å². The summed E-state index contributed by atoms with van der Waals surface area (Å²) in [6.45, 7) is 12.9. The summed E-state index contributed by atoms with van der Waals surface area (Å²) in [5, 5.41) is 7.45. The van der Waals surface area contributed by atoms with Crippen LogP contribution in [0.2, 0.25) is 0 Å². The lowest BCUT2D eigenvalue weighted by atomic mass is 9.82.